The van der Waals surface area contributed by atoms with Gasteiger partial charge in [0.25, 0.3) is 5.91 Å². The summed E-state index contributed by atoms with van der Waals surface area (Å²) < 4.78 is 10.7. The van der Waals surface area contributed by atoms with Crippen LogP contribution < -0.4 is 5.32 Å². The average molecular weight is 1020 g/mol. The van der Waals surface area contributed by atoms with Gasteiger partial charge in [0.1, 0.15) is 11.2 Å². The first kappa shape index (κ1) is 56.6. The van der Waals surface area contributed by atoms with E-state index in [1.165, 1.54) is 6.20 Å². The Kier molecular flexibility index (Phi) is 21.2. The minimum absolute atomic E-state index is 0.0817. The lowest BCUT2D eigenvalue weighted by Gasteiger charge is -2.35. The van der Waals surface area contributed by atoms with Crippen molar-refractivity contribution in [3.63, 3.8) is 0 Å². The van der Waals surface area contributed by atoms with Crippen LogP contribution in [0.25, 0.3) is 0 Å². The highest BCUT2D eigenvalue weighted by atomic mass is 16.6. The third kappa shape index (κ3) is 20.2. The molecule has 19 heteroatoms. The molecule has 2 N–H and O–H groups in total. The van der Waals surface area contributed by atoms with Crippen LogP contribution in [0.5, 0.6) is 0 Å². The number of carbonyl (C=O) groups is 4. The Morgan fingerprint density at radius 3 is 1.11 bits per heavy atom. The summed E-state index contributed by atoms with van der Waals surface area (Å²) in [6.07, 6.45) is 9.61. The molecule has 2 aliphatic rings. The molecule has 19 nitrogen and oxygen atoms in total. The van der Waals surface area contributed by atoms with Crippen LogP contribution in [0, 0.1) is 0 Å². The highest BCUT2D eigenvalue weighted by molar-refractivity contribution is 5.94. The molecule has 0 unspecified atom stereocenters. The Balaban J connectivity index is 0.000000206. The van der Waals surface area contributed by atoms with Crippen LogP contribution in [0.4, 0.5) is 9.59 Å². The molecule has 75 heavy (non-hydrogen) atoms. The molecule has 0 spiro atoms. The van der Waals surface area contributed by atoms with Crippen molar-refractivity contribution in [1.29, 1.82) is 0 Å². The molecule has 0 radical (unpaired) electrons. The van der Waals surface area contributed by atoms with Gasteiger partial charge in [-0.1, -0.05) is 24.3 Å². The minimum atomic E-state index is -0.974. The first-order chi connectivity index (χ1) is 36.0. The fourth-order valence-electron chi connectivity index (χ4n) is 7.74. The Morgan fingerprint density at radius 2 is 0.800 bits per heavy atom. The number of piperazine rings is 2. The number of rotatable bonds is 14. The molecule has 0 atom stereocenters. The SMILES string of the molecule is CC(C)(C)OC(=O)N1CCN(C(=O)c2ccc(CN(Cc3ccccn3)Cc3ccccn3)nc2)CC1.CC(C)(C)OC(=O)N1CCNCC1.O=C(O)c1ccc(CN(Cc2ccccn2)Cc2ccccn2)nc1. The van der Waals surface area contributed by atoms with E-state index in [0.29, 0.717) is 71.0 Å². The normalized spacial score (nSPS) is 13.7. The van der Waals surface area contributed by atoms with Crippen molar-refractivity contribution >= 4 is 24.1 Å². The largest absolute Gasteiger partial charge is 0.478 e. The van der Waals surface area contributed by atoms with Gasteiger partial charge in [0.15, 0.2) is 0 Å². The first-order valence-corrected chi connectivity index (χ1v) is 25.1. The molecule has 0 aromatic carbocycles. The summed E-state index contributed by atoms with van der Waals surface area (Å²) in [4.78, 5) is 83.8. The van der Waals surface area contributed by atoms with Crippen LogP contribution in [0.3, 0.4) is 0 Å². The van der Waals surface area contributed by atoms with Crippen molar-refractivity contribution in [3.8, 4) is 0 Å². The summed E-state index contributed by atoms with van der Waals surface area (Å²) in [7, 11) is 0. The molecular weight excluding hydrogens is 953 g/mol. The number of aromatic nitrogens is 6. The van der Waals surface area contributed by atoms with Gasteiger partial charge in [-0.15, -0.1) is 0 Å². The van der Waals surface area contributed by atoms with E-state index in [-0.39, 0.29) is 29.3 Å². The maximum absolute atomic E-state index is 13.0. The van der Waals surface area contributed by atoms with Crippen molar-refractivity contribution in [1.82, 2.24) is 59.7 Å². The third-order valence-corrected chi connectivity index (χ3v) is 11.3. The summed E-state index contributed by atoms with van der Waals surface area (Å²) >= 11 is 0. The Morgan fingerprint density at radius 1 is 0.467 bits per heavy atom. The number of hydrogen-bond acceptors (Lipinski definition) is 15. The number of ether oxygens (including phenoxy) is 2. The fourth-order valence-corrected chi connectivity index (χ4v) is 7.74. The van der Waals surface area contributed by atoms with Crippen molar-refractivity contribution in [2.45, 2.75) is 92.0 Å². The highest BCUT2D eigenvalue weighted by Crippen LogP contribution is 2.17. The smallest absolute Gasteiger partial charge is 0.410 e. The van der Waals surface area contributed by atoms with Crippen molar-refractivity contribution in [3.05, 3.63) is 180 Å². The molecular formula is C56H70N12O7. The predicted octanol–water partition coefficient (Wildman–Crippen LogP) is 7.37. The molecule has 0 saturated carbocycles. The molecule has 6 aromatic rings. The lowest BCUT2D eigenvalue weighted by molar-refractivity contribution is 0.0140. The van der Waals surface area contributed by atoms with Crippen LogP contribution in [-0.2, 0) is 48.7 Å². The molecule has 2 aliphatic heterocycles. The third-order valence-electron chi connectivity index (χ3n) is 11.3. The molecule has 3 amide bonds. The number of nitrogens with one attached hydrogen (secondary N) is 1. The van der Waals surface area contributed by atoms with Gasteiger partial charge in [-0.2, -0.15) is 0 Å². The van der Waals surface area contributed by atoms with Gasteiger partial charge in [-0.3, -0.25) is 44.5 Å². The molecule has 0 aliphatic carbocycles. The van der Waals surface area contributed by atoms with E-state index in [2.05, 4.69) is 45.0 Å². The molecule has 8 heterocycles. The van der Waals surface area contributed by atoms with Crippen LogP contribution in [0.1, 0.15) is 96.4 Å². The Hall–Kier alpha value is -7.74. The summed E-state index contributed by atoms with van der Waals surface area (Å²) in [5, 5.41) is 12.2. The molecule has 8 rings (SSSR count). The zero-order chi connectivity index (χ0) is 53.6. The van der Waals surface area contributed by atoms with Gasteiger partial charge in [0.2, 0.25) is 0 Å². The molecule has 6 aromatic heterocycles. The number of carbonyl (C=O) groups excluding carboxylic acids is 3. The van der Waals surface area contributed by atoms with Gasteiger partial charge in [0, 0.05) is 129 Å². The maximum Gasteiger partial charge on any atom is 0.410 e. The lowest BCUT2D eigenvalue weighted by Crippen LogP contribution is -2.51. The molecule has 396 valence electrons. The van der Waals surface area contributed by atoms with E-state index in [1.807, 2.05) is 126 Å². The summed E-state index contributed by atoms with van der Waals surface area (Å²) in [5.74, 6) is -1.06. The Bertz CT molecular complexity index is 2580. The lowest BCUT2D eigenvalue weighted by atomic mass is 10.2. The molecule has 2 fully saturated rings. The van der Waals surface area contributed by atoms with Crippen molar-refractivity contribution in [2.75, 3.05) is 52.4 Å². The first-order valence-electron chi connectivity index (χ1n) is 25.1. The van der Waals surface area contributed by atoms with E-state index in [1.54, 1.807) is 57.8 Å². The van der Waals surface area contributed by atoms with Crippen LogP contribution in [0.15, 0.2) is 134 Å². The number of aromatic carboxylic acids is 1. The van der Waals surface area contributed by atoms with E-state index in [4.69, 9.17) is 14.6 Å². The number of pyridine rings is 6. The van der Waals surface area contributed by atoms with E-state index in [9.17, 15) is 19.2 Å². The van der Waals surface area contributed by atoms with Gasteiger partial charge in [-0.05, 0) is 114 Å². The van der Waals surface area contributed by atoms with Gasteiger partial charge < -0.3 is 34.6 Å². The average Bonchev–Trinajstić information content (AvgIpc) is 3.40. The second-order valence-corrected chi connectivity index (χ2v) is 19.9. The zero-order valence-electron chi connectivity index (χ0n) is 43.9. The number of carboxylic acids is 1. The highest BCUT2D eigenvalue weighted by Gasteiger charge is 2.29. The second kappa shape index (κ2) is 28.1. The quantitative estimate of drug-likeness (QED) is 0.109. The predicted molar refractivity (Wildman–Crippen MR) is 283 cm³/mol. The number of carboxylic acid groups (broad SMARTS) is 1. The number of amides is 3. The number of hydrogen-bond donors (Lipinski definition) is 2. The van der Waals surface area contributed by atoms with Gasteiger partial charge in [0.05, 0.1) is 45.3 Å². The minimum Gasteiger partial charge on any atom is -0.478 e. The van der Waals surface area contributed by atoms with Gasteiger partial charge in [-0.25, -0.2) is 14.4 Å². The monoisotopic (exact) mass is 1020 g/mol. The maximum atomic E-state index is 13.0. The summed E-state index contributed by atoms with van der Waals surface area (Å²) in [6.45, 7) is 20.0. The van der Waals surface area contributed by atoms with E-state index < -0.39 is 11.6 Å². The van der Waals surface area contributed by atoms with Crippen molar-refractivity contribution < 1.29 is 33.8 Å². The zero-order valence-corrected chi connectivity index (χ0v) is 43.9. The van der Waals surface area contributed by atoms with Gasteiger partial charge >= 0.3 is 18.2 Å². The van der Waals surface area contributed by atoms with Crippen molar-refractivity contribution in [2.24, 2.45) is 0 Å². The summed E-state index contributed by atoms with van der Waals surface area (Å²) in [5.41, 5.74) is 5.31. The van der Waals surface area contributed by atoms with Crippen LogP contribution in [-0.4, -0.2) is 147 Å². The second-order valence-electron chi connectivity index (χ2n) is 19.9. The summed E-state index contributed by atoms with van der Waals surface area (Å²) in [6, 6.07) is 30.5. The molecule has 0 bridgehead atoms. The van der Waals surface area contributed by atoms with Crippen LogP contribution >= 0.6 is 0 Å². The number of nitrogens with zero attached hydrogens (tertiary/aromatic N) is 11. The fraction of sp³-hybridized carbons (Fsp3) is 0.393. The van der Waals surface area contributed by atoms with E-state index >= 15 is 0 Å². The topological polar surface area (TPSA) is 213 Å². The Labute approximate surface area is 440 Å². The van der Waals surface area contributed by atoms with Crippen LogP contribution in [0.2, 0.25) is 0 Å². The van der Waals surface area contributed by atoms with E-state index in [0.717, 1.165) is 60.3 Å². The standard InChI is InChI=1S/C28H34N6O3.C19H18N4O2.C9H18N2O2/c1-28(2,3)37-27(36)34-16-14-33(15-17-34)26(35)22-10-11-25(31-18-22)21-32(19-23-8-4-6-12-29-23)20-24-9-5-7-13-30-24;24-19(25)15-7-8-18(22-11-15)14-23(12-16-5-1-3-9-20-16)13-17-6-2-4-10-21-17;1-9(2,3)13-8(12)11-6-4-10-5-7-11/h4-13,18H,14-17,19-21H2,1-3H3;1-11H,12-14H2,(H,24,25);10H,4-7H2,1-3H3. The molecule has 2 saturated heterocycles.